The predicted octanol–water partition coefficient (Wildman–Crippen LogP) is 2.28. The van der Waals surface area contributed by atoms with Gasteiger partial charge in [0.25, 0.3) is 0 Å². The van der Waals surface area contributed by atoms with Gasteiger partial charge in [-0.3, -0.25) is 0 Å². The molecule has 2 nitrogen and oxygen atoms in total. The molecule has 1 rings (SSSR count). The molecule has 0 aliphatic rings. The Bertz CT molecular complexity index is 218. The van der Waals surface area contributed by atoms with Crippen molar-refractivity contribution in [2.24, 2.45) is 0 Å². The Labute approximate surface area is 74.4 Å². The van der Waals surface area contributed by atoms with Crippen LogP contribution in [0.25, 0.3) is 0 Å². The molecule has 0 spiro atoms. The molecule has 11 heavy (non-hydrogen) atoms. The molecular formula is C8H10BrNO. The summed E-state index contributed by atoms with van der Waals surface area (Å²) in [5.41, 5.74) is 1.15. The second-order valence-corrected chi connectivity index (χ2v) is 3.37. The summed E-state index contributed by atoms with van der Waals surface area (Å²) in [5.74, 6) is 0. The Morgan fingerprint density at radius 3 is 3.09 bits per heavy atom. The maximum atomic E-state index is 4.90. The lowest BCUT2D eigenvalue weighted by Gasteiger charge is -1.99. The largest absolute Gasteiger partial charge is 0.472 e. The molecule has 1 heterocycles. The van der Waals surface area contributed by atoms with Crippen LogP contribution >= 0.6 is 15.9 Å². The maximum absolute atomic E-state index is 4.90. The van der Waals surface area contributed by atoms with Gasteiger partial charge in [0.2, 0.25) is 0 Å². The lowest BCUT2D eigenvalue weighted by atomic mass is 10.3. The molecule has 60 valence electrons. The Hall–Kier alpha value is -0.540. The summed E-state index contributed by atoms with van der Waals surface area (Å²) in [7, 11) is 0. The van der Waals surface area contributed by atoms with Gasteiger partial charge < -0.3 is 9.73 Å². The van der Waals surface area contributed by atoms with Gasteiger partial charge in [-0.2, -0.15) is 0 Å². The molecule has 1 aromatic rings. The van der Waals surface area contributed by atoms with Gasteiger partial charge in [-0.05, 0) is 6.07 Å². The fraction of sp³-hybridized carbons (Fsp3) is 0.250. The molecule has 0 aliphatic carbocycles. The molecule has 0 unspecified atom stereocenters. The van der Waals surface area contributed by atoms with E-state index in [-0.39, 0.29) is 0 Å². The number of halogens is 1. The van der Waals surface area contributed by atoms with Gasteiger partial charge in [0.1, 0.15) is 0 Å². The van der Waals surface area contributed by atoms with E-state index in [9.17, 15) is 0 Å². The van der Waals surface area contributed by atoms with Crippen LogP contribution in [0.5, 0.6) is 0 Å². The minimum Gasteiger partial charge on any atom is -0.472 e. The fourth-order valence-electron chi connectivity index (χ4n) is 0.736. The third-order valence-electron chi connectivity index (χ3n) is 1.23. The molecule has 1 N–H and O–H groups in total. The predicted molar refractivity (Wildman–Crippen MR) is 48.5 cm³/mol. The van der Waals surface area contributed by atoms with Gasteiger partial charge in [0, 0.05) is 23.1 Å². The van der Waals surface area contributed by atoms with Crippen molar-refractivity contribution in [2.75, 3.05) is 6.54 Å². The first-order valence-electron chi connectivity index (χ1n) is 3.34. The second kappa shape index (κ2) is 4.36. The number of hydrogen-bond acceptors (Lipinski definition) is 2. The van der Waals surface area contributed by atoms with Crippen molar-refractivity contribution in [3.05, 3.63) is 35.2 Å². The Balaban J connectivity index is 2.19. The maximum Gasteiger partial charge on any atom is 0.0947 e. The standard InChI is InChI=1S/C8H10BrNO/c1-7(9)4-10-5-8-2-3-11-6-8/h2-3,6,10H,1,4-5H2. The lowest BCUT2D eigenvalue weighted by Crippen LogP contribution is -2.13. The average Bonchev–Trinajstić information content (AvgIpc) is 2.39. The first-order valence-corrected chi connectivity index (χ1v) is 4.13. The average molecular weight is 216 g/mol. The summed E-state index contributed by atoms with van der Waals surface area (Å²) in [6, 6.07) is 1.93. The first kappa shape index (κ1) is 8.56. The van der Waals surface area contributed by atoms with Crippen LogP contribution in [0.2, 0.25) is 0 Å². The third-order valence-corrected chi connectivity index (χ3v) is 1.51. The van der Waals surface area contributed by atoms with Gasteiger partial charge in [-0.1, -0.05) is 22.5 Å². The first-order chi connectivity index (χ1) is 5.29. The summed E-state index contributed by atoms with van der Waals surface area (Å²) in [5, 5.41) is 3.18. The van der Waals surface area contributed by atoms with Crippen LogP contribution in [-0.4, -0.2) is 6.54 Å². The SMILES string of the molecule is C=C(Br)CNCc1ccoc1. The quantitative estimate of drug-likeness (QED) is 0.835. The van der Waals surface area contributed by atoms with Crippen LogP contribution in [-0.2, 0) is 6.54 Å². The zero-order valence-corrected chi connectivity index (χ0v) is 7.73. The van der Waals surface area contributed by atoms with E-state index < -0.39 is 0 Å². The summed E-state index contributed by atoms with van der Waals surface area (Å²) < 4.78 is 5.86. The van der Waals surface area contributed by atoms with E-state index >= 15 is 0 Å². The monoisotopic (exact) mass is 215 g/mol. The van der Waals surface area contributed by atoms with Gasteiger partial charge in [0.05, 0.1) is 12.5 Å². The van der Waals surface area contributed by atoms with Gasteiger partial charge in [-0.15, -0.1) is 0 Å². The highest BCUT2D eigenvalue weighted by molar-refractivity contribution is 9.11. The Kier molecular flexibility index (Phi) is 3.39. The number of hydrogen-bond donors (Lipinski definition) is 1. The van der Waals surface area contributed by atoms with Crippen LogP contribution < -0.4 is 5.32 Å². The highest BCUT2D eigenvalue weighted by Gasteiger charge is 1.92. The molecule has 1 aromatic heterocycles. The van der Waals surface area contributed by atoms with Gasteiger partial charge in [-0.25, -0.2) is 0 Å². The minimum atomic E-state index is 0.783. The van der Waals surface area contributed by atoms with E-state index in [1.807, 2.05) is 6.07 Å². The van der Waals surface area contributed by atoms with E-state index in [0.717, 1.165) is 23.1 Å². The molecule has 0 amide bonds. The van der Waals surface area contributed by atoms with E-state index in [0.29, 0.717) is 0 Å². The second-order valence-electron chi connectivity index (χ2n) is 2.25. The number of nitrogens with one attached hydrogen (secondary N) is 1. The molecule has 0 saturated heterocycles. The molecule has 0 bridgehead atoms. The normalized spacial score (nSPS) is 9.91. The summed E-state index contributed by atoms with van der Waals surface area (Å²) in [4.78, 5) is 0. The van der Waals surface area contributed by atoms with Crippen molar-refractivity contribution in [3.8, 4) is 0 Å². The molecule has 0 fully saturated rings. The molecule has 0 saturated carbocycles. The smallest absolute Gasteiger partial charge is 0.0947 e. The van der Waals surface area contributed by atoms with E-state index in [4.69, 9.17) is 4.42 Å². The van der Waals surface area contributed by atoms with Crippen LogP contribution in [0.1, 0.15) is 5.56 Å². The molecule has 0 atom stereocenters. The van der Waals surface area contributed by atoms with Crippen molar-refractivity contribution in [1.82, 2.24) is 5.32 Å². The van der Waals surface area contributed by atoms with Crippen molar-refractivity contribution >= 4 is 15.9 Å². The van der Waals surface area contributed by atoms with Crippen molar-refractivity contribution in [2.45, 2.75) is 6.54 Å². The minimum absolute atomic E-state index is 0.783. The molecular weight excluding hydrogens is 206 g/mol. The zero-order valence-electron chi connectivity index (χ0n) is 6.14. The Morgan fingerprint density at radius 2 is 2.55 bits per heavy atom. The highest BCUT2D eigenvalue weighted by atomic mass is 79.9. The van der Waals surface area contributed by atoms with Crippen LogP contribution in [0.4, 0.5) is 0 Å². The number of furan rings is 1. The van der Waals surface area contributed by atoms with Crippen molar-refractivity contribution in [1.29, 1.82) is 0 Å². The van der Waals surface area contributed by atoms with E-state index in [2.05, 4.69) is 27.8 Å². The van der Waals surface area contributed by atoms with Crippen molar-refractivity contribution in [3.63, 3.8) is 0 Å². The topological polar surface area (TPSA) is 25.2 Å². The molecule has 3 heteroatoms. The molecule has 0 radical (unpaired) electrons. The van der Waals surface area contributed by atoms with Crippen LogP contribution in [0.15, 0.2) is 34.1 Å². The highest BCUT2D eigenvalue weighted by Crippen LogP contribution is 2.01. The lowest BCUT2D eigenvalue weighted by molar-refractivity contribution is 0.561. The summed E-state index contributed by atoms with van der Waals surface area (Å²) in [6.45, 7) is 5.31. The summed E-state index contributed by atoms with van der Waals surface area (Å²) >= 11 is 3.26. The molecule has 0 aliphatic heterocycles. The molecule has 0 aromatic carbocycles. The summed E-state index contributed by atoms with van der Waals surface area (Å²) in [6.07, 6.45) is 3.39. The van der Waals surface area contributed by atoms with Gasteiger partial charge >= 0.3 is 0 Å². The van der Waals surface area contributed by atoms with Gasteiger partial charge in [0.15, 0.2) is 0 Å². The van der Waals surface area contributed by atoms with Crippen LogP contribution in [0.3, 0.4) is 0 Å². The third kappa shape index (κ3) is 3.39. The van der Waals surface area contributed by atoms with Crippen molar-refractivity contribution < 1.29 is 4.42 Å². The van der Waals surface area contributed by atoms with Crippen LogP contribution in [0, 0.1) is 0 Å². The van der Waals surface area contributed by atoms with E-state index in [1.165, 1.54) is 0 Å². The fourth-order valence-corrected chi connectivity index (χ4v) is 0.934. The Morgan fingerprint density at radius 1 is 1.73 bits per heavy atom. The zero-order chi connectivity index (χ0) is 8.10. The van der Waals surface area contributed by atoms with E-state index in [1.54, 1.807) is 12.5 Å². The number of rotatable bonds is 4.